The number of rotatable bonds is 17. The molecule has 29 heavy (non-hydrogen) atoms. The summed E-state index contributed by atoms with van der Waals surface area (Å²) in [4.78, 5) is 13.1. The first-order valence-electron chi connectivity index (χ1n) is 10.9. The molecule has 5 heteroatoms. The van der Waals surface area contributed by atoms with Gasteiger partial charge in [0.25, 0.3) is 0 Å². The van der Waals surface area contributed by atoms with E-state index in [0.29, 0.717) is 13.0 Å². The average Bonchev–Trinajstić information content (AvgIpc) is 2.70. The third kappa shape index (κ3) is 20.2. The van der Waals surface area contributed by atoms with E-state index >= 15 is 0 Å². The molecule has 164 valence electrons. The summed E-state index contributed by atoms with van der Waals surface area (Å²) in [6.45, 7) is 2.94. The third-order valence-electron chi connectivity index (χ3n) is 4.31. The third-order valence-corrected chi connectivity index (χ3v) is 4.31. The zero-order chi connectivity index (χ0) is 21.6. The van der Waals surface area contributed by atoms with Crippen LogP contribution in [0.3, 0.4) is 0 Å². The molecule has 0 aliphatic heterocycles. The minimum Gasteiger partial charge on any atom is -0.464 e. The van der Waals surface area contributed by atoms with Gasteiger partial charge in [0.1, 0.15) is 6.61 Å². The van der Waals surface area contributed by atoms with Crippen molar-refractivity contribution in [2.24, 2.45) is 5.73 Å². The lowest BCUT2D eigenvalue weighted by Crippen LogP contribution is -2.35. The number of nitrogens with two attached hydrogens (primary N) is 1. The van der Waals surface area contributed by atoms with Gasteiger partial charge < -0.3 is 15.4 Å². The van der Waals surface area contributed by atoms with E-state index in [1.165, 1.54) is 30.6 Å². The summed E-state index contributed by atoms with van der Waals surface area (Å²) >= 11 is 0. The molecule has 0 spiro atoms. The number of nitrogens with zero attached hydrogens (tertiary/aromatic N) is 1. The lowest BCUT2D eigenvalue weighted by molar-refractivity contribution is -0.143. The van der Waals surface area contributed by atoms with Crippen molar-refractivity contribution in [1.29, 1.82) is 5.41 Å². The molecule has 3 N–H and O–H groups in total. The fraction of sp³-hybridized carbons (Fsp3) is 0.583. The molecule has 0 aromatic rings. The second kappa shape index (κ2) is 20.4. The van der Waals surface area contributed by atoms with Gasteiger partial charge in [-0.2, -0.15) is 0 Å². The average molecular weight is 404 g/mol. The standard InChI is InChI=1S/C24H41N3O2/c1-3-4-5-6-7-8-9-10-11-12-13-14-15-16-17-18-19-20-23(28)29-22-21-27(2)24(25)26/h7-8,10-11,13-14,16-17H,3-6,9,12,15,18-22H2,1-2H3,(H3,25,26)/b8-7?,11-10?,14-13-,17-16-. The summed E-state index contributed by atoms with van der Waals surface area (Å²) < 4.78 is 5.11. The minimum atomic E-state index is -0.196. The normalized spacial score (nSPS) is 11.9. The van der Waals surface area contributed by atoms with E-state index in [9.17, 15) is 4.79 Å². The predicted molar refractivity (Wildman–Crippen MR) is 124 cm³/mol. The van der Waals surface area contributed by atoms with Crippen LogP contribution < -0.4 is 5.73 Å². The van der Waals surface area contributed by atoms with Gasteiger partial charge in [-0.1, -0.05) is 68.4 Å². The number of carbonyl (C=O) groups is 1. The van der Waals surface area contributed by atoms with E-state index in [0.717, 1.165) is 32.1 Å². The molecule has 0 aliphatic carbocycles. The molecule has 0 saturated carbocycles. The van der Waals surface area contributed by atoms with Crippen LogP contribution in [0.5, 0.6) is 0 Å². The highest BCUT2D eigenvalue weighted by atomic mass is 16.5. The zero-order valence-corrected chi connectivity index (χ0v) is 18.4. The molecule has 0 bridgehead atoms. The number of likely N-dealkylation sites (N-methyl/N-ethyl adjacent to an activating group) is 1. The number of allylic oxidation sites excluding steroid dienone is 8. The Morgan fingerprint density at radius 1 is 0.897 bits per heavy atom. The van der Waals surface area contributed by atoms with Crippen LogP contribution in [0.1, 0.15) is 71.1 Å². The Bertz CT molecular complexity index is 536. The number of unbranched alkanes of at least 4 members (excludes halogenated alkanes) is 4. The molecular weight excluding hydrogens is 362 g/mol. The highest BCUT2D eigenvalue weighted by Crippen LogP contribution is 2.02. The number of hydrogen-bond donors (Lipinski definition) is 2. The Hall–Kier alpha value is -2.30. The van der Waals surface area contributed by atoms with Gasteiger partial charge in [0.2, 0.25) is 0 Å². The van der Waals surface area contributed by atoms with Gasteiger partial charge in [-0.05, 0) is 44.9 Å². The Morgan fingerprint density at radius 2 is 1.41 bits per heavy atom. The highest BCUT2D eigenvalue weighted by Gasteiger charge is 2.04. The SMILES string of the molecule is CCCCCC=CCC=CC/C=C\C/C=C\CCCC(=O)OCCN(C)C(=N)N. The van der Waals surface area contributed by atoms with Crippen LogP contribution in [0.4, 0.5) is 0 Å². The molecule has 0 aromatic heterocycles. The summed E-state index contributed by atoms with van der Waals surface area (Å²) in [7, 11) is 1.69. The molecule has 0 fully saturated rings. The van der Waals surface area contributed by atoms with Crippen LogP contribution >= 0.6 is 0 Å². The van der Waals surface area contributed by atoms with Crippen molar-refractivity contribution in [3.8, 4) is 0 Å². The first-order chi connectivity index (χ1) is 14.1. The Balaban J connectivity index is 3.53. The quantitative estimate of drug-likeness (QED) is 0.110. The van der Waals surface area contributed by atoms with Crippen molar-refractivity contribution < 1.29 is 9.53 Å². The zero-order valence-electron chi connectivity index (χ0n) is 18.4. The van der Waals surface area contributed by atoms with E-state index in [4.69, 9.17) is 15.9 Å². The molecule has 0 aromatic carbocycles. The fourth-order valence-corrected chi connectivity index (χ4v) is 2.41. The van der Waals surface area contributed by atoms with E-state index in [1.54, 1.807) is 7.05 Å². The number of ether oxygens (including phenoxy) is 1. The maximum atomic E-state index is 11.6. The van der Waals surface area contributed by atoms with Gasteiger partial charge in [-0.15, -0.1) is 0 Å². The van der Waals surface area contributed by atoms with E-state index in [-0.39, 0.29) is 18.5 Å². The van der Waals surface area contributed by atoms with Gasteiger partial charge >= 0.3 is 5.97 Å². The molecule has 0 heterocycles. The molecular formula is C24H41N3O2. The van der Waals surface area contributed by atoms with E-state index in [2.05, 4.69) is 55.5 Å². The van der Waals surface area contributed by atoms with Crippen LogP contribution in [0.15, 0.2) is 48.6 Å². The van der Waals surface area contributed by atoms with Crippen molar-refractivity contribution in [2.75, 3.05) is 20.2 Å². The molecule has 0 unspecified atom stereocenters. The summed E-state index contributed by atoms with van der Waals surface area (Å²) in [6, 6.07) is 0. The fourth-order valence-electron chi connectivity index (χ4n) is 2.41. The van der Waals surface area contributed by atoms with Crippen molar-refractivity contribution in [2.45, 2.75) is 71.1 Å². The topological polar surface area (TPSA) is 79.4 Å². The van der Waals surface area contributed by atoms with Crippen LogP contribution in [0, 0.1) is 5.41 Å². The second-order valence-corrected chi connectivity index (χ2v) is 7.01. The lowest BCUT2D eigenvalue weighted by Gasteiger charge is -2.15. The largest absolute Gasteiger partial charge is 0.464 e. The van der Waals surface area contributed by atoms with Gasteiger partial charge in [-0.3, -0.25) is 10.2 Å². The maximum Gasteiger partial charge on any atom is 0.305 e. The molecule has 0 saturated heterocycles. The molecule has 0 atom stereocenters. The first-order valence-corrected chi connectivity index (χ1v) is 10.9. The smallest absolute Gasteiger partial charge is 0.305 e. The minimum absolute atomic E-state index is 0.0263. The van der Waals surface area contributed by atoms with Crippen molar-refractivity contribution >= 4 is 11.9 Å². The number of esters is 1. The van der Waals surface area contributed by atoms with Gasteiger partial charge in [-0.25, -0.2) is 0 Å². The van der Waals surface area contributed by atoms with Crippen molar-refractivity contribution in [3.05, 3.63) is 48.6 Å². The Labute approximate surface area is 177 Å². The summed E-state index contributed by atoms with van der Waals surface area (Å²) in [5.74, 6) is -0.223. The summed E-state index contributed by atoms with van der Waals surface area (Å²) in [5, 5.41) is 7.22. The Morgan fingerprint density at radius 3 is 1.93 bits per heavy atom. The molecule has 5 nitrogen and oxygen atoms in total. The van der Waals surface area contributed by atoms with Gasteiger partial charge in [0.05, 0.1) is 6.54 Å². The number of hydrogen-bond acceptors (Lipinski definition) is 3. The maximum absolute atomic E-state index is 11.6. The van der Waals surface area contributed by atoms with Gasteiger partial charge in [0.15, 0.2) is 5.96 Å². The van der Waals surface area contributed by atoms with E-state index in [1.807, 2.05) is 0 Å². The predicted octanol–water partition coefficient (Wildman–Crippen LogP) is 5.50. The summed E-state index contributed by atoms with van der Waals surface area (Å²) in [6.07, 6.45) is 27.7. The second-order valence-electron chi connectivity index (χ2n) is 7.01. The van der Waals surface area contributed by atoms with E-state index < -0.39 is 0 Å². The van der Waals surface area contributed by atoms with Crippen LogP contribution in [0.25, 0.3) is 0 Å². The molecule has 0 rings (SSSR count). The van der Waals surface area contributed by atoms with Crippen molar-refractivity contribution in [1.82, 2.24) is 4.90 Å². The highest BCUT2D eigenvalue weighted by molar-refractivity contribution is 5.74. The van der Waals surface area contributed by atoms with Gasteiger partial charge in [0, 0.05) is 13.5 Å². The monoisotopic (exact) mass is 403 g/mol. The molecule has 0 amide bonds. The van der Waals surface area contributed by atoms with Crippen molar-refractivity contribution in [3.63, 3.8) is 0 Å². The Kier molecular flexibility index (Phi) is 18.8. The van der Waals surface area contributed by atoms with Crippen LogP contribution in [0.2, 0.25) is 0 Å². The summed E-state index contributed by atoms with van der Waals surface area (Å²) in [5.41, 5.74) is 5.31. The van der Waals surface area contributed by atoms with Crippen LogP contribution in [-0.2, 0) is 9.53 Å². The number of nitrogens with one attached hydrogen (secondary N) is 1. The first kappa shape index (κ1) is 26.7. The lowest BCUT2D eigenvalue weighted by atomic mass is 10.2. The molecule has 0 radical (unpaired) electrons. The number of guanidine groups is 1. The number of carbonyl (C=O) groups excluding carboxylic acids is 1. The molecule has 0 aliphatic rings. The van der Waals surface area contributed by atoms with Crippen LogP contribution in [-0.4, -0.2) is 37.0 Å².